The van der Waals surface area contributed by atoms with Crippen molar-refractivity contribution in [1.29, 1.82) is 0 Å². The second kappa shape index (κ2) is 7.64. The molecule has 0 aliphatic rings. The molecule has 1 aromatic heterocycles. The number of halogens is 1. The molecule has 0 fully saturated rings. The second-order valence-electron chi connectivity index (χ2n) is 4.22. The normalized spacial score (nSPS) is 11.3. The van der Waals surface area contributed by atoms with Crippen LogP contribution < -0.4 is 10.6 Å². The number of rotatable bonds is 8. The summed E-state index contributed by atoms with van der Waals surface area (Å²) in [6.07, 6.45) is 4.27. The van der Waals surface area contributed by atoms with Crippen LogP contribution in [0.15, 0.2) is 10.8 Å². The first-order valence-corrected chi connectivity index (χ1v) is 8.95. The van der Waals surface area contributed by atoms with Crippen LogP contribution in [0.2, 0.25) is 0 Å². The van der Waals surface area contributed by atoms with Gasteiger partial charge in [0.1, 0.15) is 32.3 Å². The van der Waals surface area contributed by atoms with Gasteiger partial charge in [0.25, 0.3) is 0 Å². The molecular formula is C11H19BrN4O2S. The molecule has 0 aliphatic carbocycles. The van der Waals surface area contributed by atoms with Crippen LogP contribution in [0.4, 0.5) is 11.6 Å². The minimum atomic E-state index is -2.91. The monoisotopic (exact) mass is 350 g/mol. The standard InChI is InChI=1S/C11H19BrN4O2S/c1-3-5-13-10-9(12)11(16-8-15-10)14-6-4-7-19(2,17)18/h8H,3-7H2,1-2H3,(H2,13,14,15,16). The summed E-state index contributed by atoms with van der Waals surface area (Å²) in [5.41, 5.74) is 0. The molecule has 0 amide bonds. The summed E-state index contributed by atoms with van der Waals surface area (Å²) in [4.78, 5) is 8.26. The fraction of sp³-hybridized carbons (Fsp3) is 0.636. The van der Waals surface area contributed by atoms with E-state index in [4.69, 9.17) is 0 Å². The van der Waals surface area contributed by atoms with E-state index in [0.717, 1.165) is 23.3 Å². The van der Waals surface area contributed by atoms with E-state index in [9.17, 15) is 8.42 Å². The van der Waals surface area contributed by atoms with Gasteiger partial charge in [-0.05, 0) is 28.8 Å². The Hall–Kier alpha value is -0.890. The number of nitrogens with one attached hydrogen (secondary N) is 2. The molecule has 1 rings (SSSR count). The van der Waals surface area contributed by atoms with E-state index >= 15 is 0 Å². The molecule has 0 bridgehead atoms. The number of hydrogen-bond acceptors (Lipinski definition) is 6. The molecule has 0 saturated heterocycles. The van der Waals surface area contributed by atoms with Gasteiger partial charge in [0.15, 0.2) is 0 Å². The van der Waals surface area contributed by atoms with Crippen LogP contribution >= 0.6 is 15.9 Å². The zero-order valence-corrected chi connectivity index (χ0v) is 13.5. The Morgan fingerprint density at radius 2 is 1.79 bits per heavy atom. The van der Waals surface area contributed by atoms with Gasteiger partial charge in [0.05, 0.1) is 5.75 Å². The van der Waals surface area contributed by atoms with E-state index in [1.807, 2.05) is 0 Å². The van der Waals surface area contributed by atoms with Crippen molar-refractivity contribution in [3.8, 4) is 0 Å². The molecule has 19 heavy (non-hydrogen) atoms. The Kier molecular flexibility index (Phi) is 6.50. The van der Waals surface area contributed by atoms with Crippen molar-refractivity contribution in [2.75, 3.05) is 35.7 Å². The maximum Gasteiger partial charge on any atom is 0.147 e. The van der Waals surface area contributed by atoms with Crippen molar-refractivity contribution in [2.45, 2.75) is 19.8 Å². The van der Waals surface area contributed by atoms with E-state index in [2.05, 4.69) is 43.5 Å². The highest BCUT2D eigenvalue weighted by Crippen LogP contribution is 2.26. The van der Waals surface area contributed by atoms with Gasteiger partial charge < -0.3 is 10.6 Å². The quantitative estimate of drug-likeness (QED) is 0.696. The van der Waals surface area contributed by atoms with Crippen LogP contribution in [0.25, 0.3) is 0 Å². The highest BCUT2D eigenvalue weighted by atomic mass is 79.9. The van der Waals surface area contributed by atoms with Crippen molar-refractivity contribution < 1.29 is 8.42 Å². The van der Waals surface area contributed by atoms with Gasteiger partial charge in [0.2, 0.25) is 0 Å². The molecular weight excluding hydrogens is 332 g/mol. The third kappa shape index (κ3) is 6.20. The van der Waals surface area contributed by atoms with E-state index in [1.54, 1.807) is 0 Å². The molecule has 108 valence electrons. The van der Waals surface area contributed by atoms with Crippen LogP contribution in [0.1, 0.15) is 19.8 Å². The molecule has 0 saturated carbocycles. The van der Waals surface area contributed by atoms with Crippen LogP contribution in [-0.2, 0) is 9.84 Å². The van der Waals surface area contributed by atoms with Crippen molar-refractivity contribution in [2.24, 2.45) is 0 Å². The SMILES string of the molecule is CCCNc1ncnc(NCCCS(C)(=O)=O)c1Br. The van der Waals surface area contributed by atoms with Crippen molar-refractivity contribution in [3.05, 3.63) is 10.8 Å². The van der Waals surface area contributed by atoms with E-state index in [1.165, 1.54) is 12.6 Å². The fourth-order valence-electron chi connectivity index (χ4n) is 1.40. The lowest BCUT2D eigenvalue weighted by Crippen LogP contribution is -2.12. The third-order valence-electron chi connectivity index (χ3n) is 2.32. The molecule has 0 unspecified atom stereocenters. The summed E-state index contributed by atoms with van der Waals surface area (Å²) in [5.74, 6) is 1.58. The molecule has 0 aliphatic heterocycles. The van der Waals surface area contributed by atoms with Crippen LogP contribution in [0, 0.1) is 0 Å². The number of hydrogen-bond donors (Lipinski definition) is 2. The van der Waals surface area contributed by atoms with E-state index in [-0.39, 0.29) is 5.75 Å². The highest BCUT2D eigenvalue weighted by Gasteiger charge is 2.08. The van der Waals surface area contributed by atoms with Crippen molar-refractivity contribution in [3.63, 3.8) is 0 Å². The molecule has 1 aromatic rings. The van der Waals surface area contributed by atoms with Crippen LogP contribution in [-0.4, -0.2) is 43.5 Å². The average Bonchev–Trinajstić information content (AvgIpc) is 2.33. The maximum absolute atomic E-state index is 11.0. The largest absolute Gasteiger partial charge is 0.369 e. The molecule has 0 atom stereocenters. The first-order valence-electron chi connectivity index (χ1n) is 6.10. The molecule has 0 radical (unpaired) electrons. The number of nitrogens with zero attached hydrogens (tertiary/aromatic N) is 2. The smallest absolute Gasteiger partial charge is 0.147 e. The van der Waals surface area contributed by atoms with Gasteiger partial charge in [-0.1, -0.05) is 6.92 Å². The molecule has 6 nitrogen and oxygen atoms in total. The maximum atomic E-state index is 11.0. The minimum Gasteiger partial charge on any atom is -0.369 e. The van der Waals surface area contributed by atoms with Crippen LogP contribution in [0.3, 0.4) is 0 Å². The average molecular weight is 351 g/mol. The number of anilines is 2. The Morgan fingerprint density at radius 3 is 2.32 bits per heavy atom. The van der Waals surface area contributed by atoms with Gasteiger partial charge >= 0.3 is 0 Å². The van der Waals surface area contributed by atoms with Gasteiger partial charge in [-0.15, -0.1) is 0 Å². The van der Waals surface area contributed by atoms with Gasteiger partial charge in [-0.2, -0.15) is 0 Å². The Labute approximate surface area is 122 Å². The first-order chi connectivity index (χ1) is 8.94. The Morgan fingerprint density at radius 1 is 1.21 bits per heavy atom. The zero-order chi connectivity index (χ0) is 14.3. The Balaban J connectivity index is 2.54. The summed E-state index contributed by atoms with van der Waals surface area (Å²) < 4.78 is 22.8. The second-order valence-corrected chi connectivity index (χ2v) is 7.27. The fourth-order valence-corrected chi connectivity index (χ4v) is 2.55. The van der Waals surface area contributed by atoms with Gasteiger partial charge in [-0.25, -0.2) is 18.4 Å². The molecule has 2 N–H and O–H groups in total. The highest BCUT2D eigenvalue weighted by molar-refractivity contribution is 9.10. The third-order valence-corrected chi connectivity index (χ3v) is 4.10. The predicted octanol–water partition coefficient (Wildman–Crippen LogP) is 1.91. The summed E-state index contributed by atoms with van der Waals surface area (Å²) >= 11 is 3.43. The molecule has 8 heteroatoms. The summed E-state index contributed by atoms with van der Waals surface area (Å²) in [6.45, 7) is 3.46. The lowest BCUT2D eigenvalue weighted by Gasteiger charge is -2.11. The minimum absolute atomic E-state index is 0.170. The van der Waals surface area contributed by atoms with Gasteiger partial charge in [0, 0.05) is 19.3 Å². The van der Waals surface area contributed by atoms with Gasteiger partial charge in [-0.3, -0.25) is 0 Å². The lowest BCUT2D eigenvalue weighted by atomic mass is 10.4. The Bertz CT molecular complexity index is 507. The first kappa shape index (κ1) is 16.2. The number of aromatic nitrogens is 2. The predicted molar refractivity (Wildman–Crippen MR) is 81.3 cm³/mol. The molecule has 0 spiro atoms. The van der Waals surface area contributed by atoms with E-state index < -0.39 is 9.84 Å². The lowest BCUT2D eigenvalue weighted by molar-refractivity contribution is 0.600. The van der Waals surface area contributed by atoms with E-state index in [0.29, 0.717) is 18.8 Å². The summed E-state index contributed by atoms with van der Waals surface area (Å²) in [6, 6.07) is 0. The van der Waals surface area contributed by atoms with Crippen molar-refractivity contribution in [1.82, 2.24) is 9.97 Å². The van der Waals surface area contributed by atoms with Crippen LogP contribution in [0.5, 0.6) is 0 Å². The topological polar surface area (TPSA) is 84.0 Å². The zero-order valence-electron chi connectivity index (χ0n) is 11.1. The summed E-state index contributed by atoms with van der Waals surface area (Å²) in [5, 5.41) is 6.28. The molecule has 1 heterocycles. The number of sulfone groups is 1. The summed E-state index contributed by atoms with van der Waals surface area (Å²) in [7, 11) is -2.91. The molecule has 0 aromatic carbocycles. The van der Waals surface area contributed by atoms with Crippen molar-refractivity contribution >= 4 is 37.4 Å².